The molecule has 1 saturated heterocycles. The lowest BCUT2D eigenvalue weighted by Crippen LogP contribution is -2.36. The molecule has 6 heteroatoms. The van der Waals surface area contributed by atoms with E-state index in [2.05, 4.69) is 12.2 Å². The molecular weight excluding hydrogens is 371 g/mol. The van der Waals surface area contributed by atoms with Crippen LogP contribution in [0.2, 0.25) is 0 Å². The number of anilines is 2. The molecule has 0 spiro atoms. The first-order valence-corrected chi connectivity index (χ1v) is 10.1. The van der Waals surface area contributed by atoms with Gasteiger partial charge in [-0.3, -0.25) is 9.59 Å². The van der Waals surface area contributed by atoms with Crippen molar-refractivity contribution in [2.24, 2.45) is 0 Å². The SMILES string of the molecule is CCCc1ccc(C(=O)CCC(=O)Nc2ccc(N3CCOCC3)c(F)c2)cc1. The minimum atomic E-state index is -0.382. The number of hydrogen-bond acceptors (Lipinski definition) is 4. The van der Waals surface area contributed by atoms with Crippen LogP contribution in [0.1, 0.15) is 42.1 Å². The number of nitrogens with one attached hydrogen (secondary N) is 1. The van der Waals surface area contributed by atoms with Crippen LogP contribution in [-0.4, -0.2) is 38.0 Å². The summed E-state index contributed by atoms with van der Waals surface area (Å²) in [5.41, 5.74) is 2.71. The highest BCUT2D eigenvalue weighted by Gasteiger charge is 2.16. The lowest BCUT2D eigenvalue weighted by Gasteiger charge is -2.29. The molecule has 1 aliphatic rings. The average molecular weight is 398 g/mol. The monoisotopic (exact) mass is 398 g/mol. The van der Waals surface area contributed by atoms with Gasteiger partial charge in [-0.25, -0.2) is 4.39 Å². The largest absolute Gasteiger partial charge is 0.378 e. The molecule has 5 nitrogen and oxygen atoms in total. The van der Waals surface area contributed by atoms with Gasteiger partial charge in [0.2, 0.25) is 5.91 Å². The van der Waals surface area contributed by atoms with E-state index < -0.39 is 0 Å². The van der Waals surface area contributed by atoms with E-state index in [0.29, 0.717) is 43.2 Å². The molecule has 2 aromatic carbocycles. The molecule has 154 valence electrons. The molecule has 29 heavy (non-hydrogen) atoms. The van der Waals surface area contributed by atoms with Crippen LogP contribution >= 0.6 is 0 Å². The Bertz CT molecular complexity index is 846. The molecular formula is C23H27FN2O3. The number of hydrogen-bond donors (Lipinski definition) is 1. The van der Waals surface area contributed by atoms with Crippen LogP contribution in [0.25, 0.3) is 0 Å². The molecule has 1 fully saturated rings. The van der Waals surface area contributed by atoms with Crippen LogP contribution in [0, 0.1) is 5.82 Å². The van der Waals surface area contributed by atoms with Crippen LogP contribution in [0.15, 0.2) is 42.5 Å². The normalized spacial score (nSPS) is 13.9. The number of rotatable bonds is 8. The summed E-state index contributed by atoms with van der Waals surface area (Å²) in [4.78, 5) is 26.4. The Morgan fingerprint density at radius 2 is 1.79 bits per heavy atom. The first-order chi connectivity index (χ1) is 14.1. The fourth-order valence-electron chi connectivity index (χ4n) is 3.39. The first kappa shape index (κ1) is 21.0. The number of nitrogens with zero attached hydrogens (tertiary/aromatic N) is 1. The van der Waals surface area contributed by atoms with Crippen molar-refractivity contribution in [3.05, 3.63) is 59.4 Å². The van der Waals surface area contributed by atoms with Crippen molar-refractivity contribution in [3.63, 3.8) is 0 Å². The summed E-state index contributed by atoms with van der Waals surface area (Å²) in [6.07, 6.45) is 2.22. The number of carbonyl (C=O) groups excluding carboxylic acids is 2. The molecule has 0 aromatic heterocycles. The summed E-state index contributed by atoms with van der Waals surface area (Å²) in [6.45, 7) is 4.55. The number of ketones is 1. The summed E-state index contributed by atoms with van der Waals surface area (Å²) in [7, 11) is 0. The Kier molecular flexibility index (Phi) is 7.36. The third kappa shape index (κ3) is 5.87. The topological polar surface area (TPSA) is 58.6 Å². The van der Waals surface area contributed by atoms with E-state index >= 15 is 0 Å². The number of morpholine rings is 1. The van der Waals surface area contributed by atoms with Gasteiger partial charge < -0.3 is 15.0 Å². The van der Waals surface area contributed by atoms with Gasteiger partial charge in [0.15, 0.2) is 5.78 Å². The van der Waals surface area contributed by atoms with Crippen LogP contribution in [-0.2, 0) is 16.0 Å². The Balaban J connectivity index is 1.51. The number of carbonyl (C=O) groups is 2. The molecule has 1 N–H and O–H groups in total. The highest BCUT2D eigenvalue weighted by atomic mass is 19.1. The number of amides is 1. The second-order valence-electron chi connectivity index (χ2n) is 7.18. The van der Waals surface area contributed by atoms with Crippen LogP contribution < -0.4 is 10.2 Å². The number of ether oxygens (including phenoxy) is 1. The van der Waals surface area contributed by atoms with Crippen LogP contribution in [0.3, 0.4) is 0 Å². The quantitative estimate of drug-likeness (QED) is 0.677. The summed E-state index contributed by atoms with van der Waals surface area (Å²) in [5.74, 6) is -0.760. The molecule has 0 saturated carbocycles. The van der Waals surface area contributed by atoms with Crippen molar-refractivity contribution < 1.29 is 18.7 Å². The fourth-order valence-corrected chi connectivity index (χ4v) is 3.39. The highest BCUT2D eigenvalue weighted by Crippen LogP contribution is 2.24. The molecule has 3 rings (SSSR count). The van der Waals surface area contributed by atoms with Crippen molar-refractivity contribution >= 4 is 23.1 Å². The van der Waals surface area contributed by atoms with Gasteiger partial charge in [-0.15, -0.1) is 0 Å². The maximum Gasteiger partial charge on any atom is 0.224 e. The molecule has 0 atom stereocenters. The van der Waals surface area contributed by atoms with Crippen LogP contribution in [0.4, 0.5) is 15.8 Å². The number of Topliss-reactive ketones (excluding diaryl/α,β-unsaturated/α-hetero) is 1. The third-order valence-electron chi connectivity index (χ3n) is 4.98. The maximum atomic E-state index is 14.4. The molecule has 2 aromatic rings. The zero-order valence-electron chi connectivity index (χ0n) is 16.7. The Morgan fingerprint density at radius 1 is 1.07 bits per heavy atom. The van der Waals surface area contributed by atoms with E-state index in [-0.39, 0.29) is 30.3 Å². The van der Waals surface area contributed by atoms with Gasteiger partial charge in [0.05, 0.1) is 18.9 Å². The van der Waals surface area contributed by atoms with E-state index in [9.17, 15) is 14.0 Å². The number of aryl methyl sites for hydroxylation is 1. The first-order valence-electron chi connectivity index (χ1n) is 10.1. The lowest BCUT2D eigenvalue weighted by molar-refractivity contribution is -0.116. The van der Waals surface area contributed by atoms with Crippen molar-refractivity contribution in [3.8, 4) is 0 Å². The Hall–Kier alpha value is -2.73. The van der Waals surface area contributed by atoms with Crippen molar-refractivity contribution in [1.29, 1.82) is 0 Å². The minimum absolute atomic E-state index is 0.0579. The number of benzene rings is 2. The van der Waals surface area contributed by atoms with Gasteiger partial charge in [-0.2, -0.15) is 0 Å². The van der Waals surface area contributed by atoms with Crippen molar-refractivity contribution in [1.82, 2.24) is 0 Å². The van der Waals surface area contributed by atoms with Gasteiger partial charge in [-0.05, 0) is 30.2 Å². The summed E-state index contributed by atoms with van der Waals surface area (Å²) in [6, 6.07) is 12.2. The molecule has 0 unspecified atom stereocenters. The van der Waals surface area contributed by atoms with Crippen LogP contribution in [0.5, 0.6) is 0 Å². The predicted octanol–water partition coefficient (Wildman–Crippen LogP) is 4.22. The zero-order chi connectivity index (χ0) is 20.6. The van der Waals surface area contributed by atoms with Gasteiger partial charge in [0, 0.05) is 37.2 Å². The standard InChI is InChI=1S/C23H27FN2O3/c1-2-3-17-4-6-18(7-5-17)22(27)10-11-23(28)25-19-8-9-21(20(24)16-19)26-12-14-29-15-13-26/h4-9,16H,2-3,10-15H2,1H3,(H,25,28). The third-order valence-corrected chi connectivity index (χ3v) is 4.98. The zero-order valence-corrected chi connectivity index (χ0v) is 16.7. The van der Waals surface area contributed by atoms with Gasteiger partial charge in [-0.1, -0.05) is 37.6 Å². The molecule has 1 heterocycles. The van der Waals surface area contributed by atoms with Crippen molar-refractivity contribution in [2.75, 3.05) is 36.5 Å². The molecule has 0 radical (unpaired) electrons. The highest BCUT2D eigenvalue weighted by molar-refractivity contribution is 6.00. The van der Waals surface area contributed by atoms with Gasteiger partial charge >= 0.3 is 0 Å². The molecule has 0 aliphatic carbocycles. The lowest BCUT2D eigenvalue weighted by atomic mass is 10.0. The van der Waals surface area contributed by atoms with E-state index in [1.54, 1.807) is 12.1 Å². The number of halogens is 1. The summed E-state index contributed by atoms with van der Waals surface area (Å²) >= 11 is 0. The van der Waals surface area contributed by atoms with E-state index in [1.807, 2.05) is 29.2 Å². The van der Waals surface area contributed by atoms with E-state index in [4.69, 9.17) is 4.74 Å². The van der Waals surface area contributed by atoms with E-state index in [1.165, 1.54) is 11.6 Å². The van der Waals surface area contributed by atoms with Gasteiger partial charge in [0.25, 0.3) is 0 Å². The smallest absolute Gasteiger partial charge is 0.224 e. The minimum Gasteiger partial charge on any atom is -0.378 e. The second-order valence-corrected chi connectivity index (χ2v) is 7.18. The Labute approximate surface area is 170 Å². The second kappa shape index (κ2) is 10.2. The summed E-state index contributed by atoms with van der Waals surface area (Å²) < 4.78 is 19.7. The fraction of sp³-hybridized carbons (Fsp3) is 0.391. The average Bonchev–Trinajstić information content (AvgIpc) is 2.73. The maximum absolute atomic E-state index is 14.4. The predicted molar refractivity (Wildman–Crippen MR) is 112 cm³/mol. The summed E-state index contributed by atoms with van der Waals surface area (Å²) in [5, 5.41) is 2.67. The van der Waals surface area contributed by atoms with E-state index in [0.717, 1.165) is 12.8 Å². The molecule has 1 aliphatic heterocycles. The Morgan fingerprint density at radius 3 is 2.45 bits per heavy atom. The molecule has 0 bridgehead atoms. The molecule has 1 amide bonds. The van der Waals surface area contributed by atoms with Crippen molar-refractivity contribution in [2.45, 2.75) is 32.6 Å². The van der Waals surface area contributed by atoms with Gasteiger partial charge in [0.1, 0.15) is 5.82 Å².